The van der Waals surface area contributed by atoms with Crippen molar-refractivity contribution in [3.05, 3.63) is 65.9 Å². The van der Waals surface area contributed by atoms with Crippen LogP contribution < -0.4 is 5.32 Å². The molecule has 0 radical (unpaired) electrons. The van der Waals surface area contributed by atoms with E-state index in [2.05, 4.69) is 53.4 Å². The van der Waals surface area contributed by atoms with Gasteiger partial charge in [-0.2, -0.15) is 0 Å². The monoisotopic (exact) mass is 322 g/mol. The standard InChI is InChI=1S/C19H22N4O/c1-13(2)10-15-4-6-16(7-5-15)14(3)22-19(24)17-11-21-18-12-20-8-9-23(17)18/h4-9,11-14H,10H2,1-3H3,(H,22,24). The molecule has 0 spiro atoms. The molecule has 1 unspecified atom stereocenters. The molecule has 3 rings (SSSR count). The topological polar surface area (TPSA) is 59.3 Å². The molecule has 1 N–H and O–H groups in total. The Labute approximate surface area is 141 Å². The van der Waals surface area contributed by atoms with Crippen LogP contribution >= 0.6 is 0 Å². The van der Waals surface area contributed by atoms with Crippen LogP contribution in [0.2, 0.25) is 0 Å². The van der Waals surface area contributed by atoms with Crippen molar-refractivity contribution in [1.29, 1.82) is 0 Å². The Morgan fingerprint density at radius 1 is 1.17 bits per heavy atom. The Bertz CT molecular complexity index is 836. The molecule has 2 aromatic heterocycles. The maximum Gasteiger partial charge on any atom is 0.270 e. The maximum atomic E-state index is 12.5. The molecular weight excluding hydrogens is 300 g/mol. The smallest absolute Gasteiger partial charge is 0.270 e. The van der Waals surface area contributed by atoms with Crippen LogP contribution in [0.3, 0.4) is 0 Å². The minimum Gasteiger partial charge on any atom is -0.344 e. The van der Waals surface area contributed by atoms with Gasteiger partial charge < -0.3 is 5.32 Å². The molecule has 5 nitrogen and oxygen atoms in total. The molecule has 0 saturated heterocycles. The highest BCUT2D eigenvalue weighted by Crippen LogP contribution is 2.16. The van der Waals surface area contributed by atoms with Crippen LogP contribution in [-0.4, -0.2) is 20.3 Å². The van der Waals surface area contributed by atoms with Crippen molar-refractivity contribution in [1.82, 2.24) is 19.7 Å². The van der Waals surface area contributed by atoms with Crippen LogP contribution in [0.25, 0.3) is 5.65 Å². The second-order valence-electron chi connectivity index (χ2n) is 6.48. The summed E-state index contributed by atoms with van der Waals surface area (Å²) in [5, 5.41) is 3.03. The molecule has 0 aliphatic carbocycles. The van der Waals surface area contributed by atoms with Crippen molar-refractivity contribution in [3.8, 4) is 0 Å². The summed E-state index contributed by atoms with van der Waals surface area (Å²) in [6, 6.07) is 8.37. The summed E-state index contributed by atoms with van der Waals surface area (Å²) in [5.74, 6) is 0.491. The van der Waals surface area contributed by atoms with E-state index < -0.39 is 0 Å². The van der Waals surface area contributed by atoms with Crippen molar-refractivity contribution in [3.63, 3.8) is 0 Å². The molecule has 1 atom stereocenters. The number of imidazole rings is 1. The molecule has 24 heavy (non-hydrogen) atoms. The second kappa shape index (κ2) is 6.83. The Kier molecular flexibility index (Phi) is 4.60. The van der Waals surface area contributed by atoms with Crippen LogP contribution in [0.1, 0.15) is 48.4 Å². The third-order valence-corrected chi connectivity index (χ3v) is 4.02. The number of rotatable bonds is 5. The Balaban J connectivity index is 1.72. The Hall–Kier alpha value is -2.69. The third-order valence-electron chi connectivity index (χ3n) is 4.02. The minimum absolute atomic E-state index is 0.0713. The number of amides is 1. The summed E-state index contributed by atoms with van der Waals surface area (Å²) in [7, 11) is 0. The normalized spacial score (nSPS) is 12.5. The van der Waals surface area contributed by atoms with Gasteiger partial charge in [0.25, 0.3) is 5.91 Å². The van der Waals surface area contributed by atoms with E-state index in [1.807, 2.05) is 6.92 Å². The van der Waals surface area contributed by atoms with E-state index in [1.54, 1.807) is 29.2 Å². The van der Waals surface area contributed by atoms with Gasteiger partial charge in [-0.05, 0) is 30.4 Å². The van der Waals surface area contributed by atoms with E-state index in [0.717, 1.165) is 12.0 Å². The van der Waals surface area contributed by atoms with Gasteiger partial charge in [0.2, 0.25) is 0 Å². The average Bonchev–Trinajstić information content (AvgIpc) is 2.99. The van der Waals surface area contributed by atoms with Gasteiger partial charge in [0.05, 0.1) is 18.4 Å². The number of nitrogens with zero attached hydrogens (tertiary/aromatic N) is 3. The van der Waals surface area contributed by atoms with Gasteiger partial charge in [-0.1, -0.05) is 38.1 Å². The fraction of sp³-hybridized carbons (Fsp3) is 0.316. The summed E-state index contributed by atoms with van der Waals surface area (Å²) in [6.45, 7) is 6.41. The van der Waals surface area contributed by atoms with Crippen LogP contribution in [0.15, 0.2) is 49.1 Å². The van der Waals surface area contributed by atoms with Crippen LogP contribution in [0, 0.1) is 5.92 Å². The SMILES string of the molecule is CC(C)Cc1ccc(C(C)NC(=O)c2cnc3cnccn23)cc1. The Morgan fingerprint density at radius 3 is 2.62 bits per heavy atom. The second-order valence-corrected chi connectivity index (χ2v) is 6.48. The fourth-order valence-corrected chi connectivity index (χ4v) is 2.78. The zero-order valence-electron chi connectivity index (χ0n) is 14.2. The lowest BCUT2D eigenvalue weighted by molar-refractivity contribution is 0.0934. The molecule has 124 valence electrons. The largest absolute Gasteiger partial charge is 0.344 e. The fourth-order valence-electron chi connectivity index (χ4n) is 2.78. The molecule has 5 heteroatoms. The minimum atomic E-state index is -0.146. The molecule has 0 aliphatic rings. The lowest BCUT2D eigenvalue weighted by Crippen LogP contribution is -2.27. The summed E-state index contributed by atoms with van der Waals surface area (Å²) in [4.78, 5) is 20.7. The zero-order chi connectivity index (χ0) is 17.1. The van der Waals surface area contributed by atoms with Gasteiger partial charge in [-0.15, -0.1) is 0 Å². The summed E-state index contributed by atoms with van der Waals surface area (Å²) < 4.78 is 1.74. The van der Waals surface area contributed by atoms with Crippen molar-refractivity contribution in [2.24, 2.45) is 5.92 Å². The maximum absolute atomic E-state index is 12.5. The molecule has 3 aromatic rings. The van der Waals surface area contributed by atoms with Crippen molar-refractivity contribution in [2.75, 3.05) is 0 Å². The lowest BCUT2D eigenvalue weighted by atomic mass is 10.00. The van der Waals surface area contributed by atoms with E-state index in [4.69, 9.17) is 0 Å². The molecule has 0 bridgehead atoms. The number of benzene rings is 1. The number of aromatic nitrogens is 3. The highest BCUT2D eigenvalue weighted by atomic mass is 16.2. The first kappa shape index (κ1) is 16.2. The zero-order valence-corrected chi connectivity index (χ0v) is 14.2. The van der Waals surface area contributed by atoms with Crippen molar-refractivity contribution >= 4 is 11.6 Å². The summed E-state index contributed by atoms with van der Waals surface area (Å²) in [6.07, 6.45) is 7.65. The quantitative estimate of drug-likeness (QED) is 0.783. The first-order valence-electron chi connectivity index (χ1n) is 8.21. The first-order valence-corrected chi connectivity index (χ1v) is 8.21. The van der Waals surface area contributed by atoms with Gasteiger partial charge in [0, 0.05) is 12.4 Å². The number of nitrogens with one attached hydrogen (secondary N) is 1. The highest BCUT2D eigenvalue weighted by molar-refractivity contribution is 5.93. The molecule has 0 saturated carbocycles. The van der Waals surface area contributed by atoms with Crippen LogP contribution in [0.5, 0.6) is 0 Å². The predicted octanol–water partition coefficient (Wildman–Crippen LogP) is 3.42. The number of hydrogen-bond donors (Lipinski definition) is 1. The van der Waals surface area contributed by atoms with E-state index in [0.29, 0.717) is 17.3 Å². The first-order chi connectivity index (χ1) is 11.5. The molecule has 2 heterocycles. The van der Waals surface area contributed by atoms with Gasteiger partial charge in [-0.3, -0.25) is 14.2 Å². The molecule has 0 aliphatic heterocycles. The summed E-state index contributed by atoms with van der Waals surface area (Å²) in [5.41, 5.74) is 3.58. The average molecular weight is 322 g/mol. The van der Waals surface area contributed by atoms with Crippen LogP contribution in [-0.2, 0) is 6.42 Å². The van der Waals surface area contributed by atoms with Gasteiger partial charge in [-0.25, -0.2) is 4.98 Å². The molecule has 1 amide bonds. The van der Waals surface area contributed by atoms with Gasteiger partial charge in [0.1, 0.15) is 5.69 Å². The number of fused-ring (bicyclic) bond motifs is 1. The van der Waals surface area contributed by atoms with Gasteiger partial charge >= 0.3 is 0 Å². The lowest BCUT2D eigenvalue weighted by Gasteiger charge is -2.15. The number of carbonyl (C=O) groups excluding carboxylic acids is 1. The number of carbonyl (C=O) groups is 1. The Morgan fingerprint density at radius 2 is 1.92 bits per heavy atom. The van der Waals surface area contributed by atoms with Crippen molar-refractivity contribution in [2.45, 2.75) is 33.2 Å². The van der Waals surface area contributed by atoms with E-state index in [9.17, 15) is 4.79 Å². The third kappa shape index (κ3) is 3.45. The molecular formula is C19H22N4O. The summed E-state index contributed by atoms with van der Waals surface area (Å²) >= 11 is 0. The molecule has 0 fully saturated rings. The van der Waals surface area contributed by atoms with Crippen molar-refractivity contribution < 1.29 is 4.79 Å². The van der Waals surface area contributed by atoms with E-state index >= 15 is 0 Å². The van der Waals surface area contributed by atoms with Crippen LogP contribution in [0.4, 0.5) is 0 Å². The highest BCUT2D eigenvalue weighted by Gasteiger charge is 2.15. The van der Waals surface area contributed by atoms with E-state index in [-0.39, 0.29) is 11.9 Å². The molecule has 1 aromatic carbocycles. The predicted molar refractivity (Wildman–Crippen MR) is 93.9 cm³/mol. The van der Waals surface area contributed by atoms with E-state index in [1.165, 1.54) is 5.56 Å². The van der Waals surface area contributed by atoms with Gasteiger partial charge in [0.15, 0.2) is 5.65 Å². The number of hydrogen-bond acceptors (Lipinski definition) is 3.